The fraction of sp³-hybridized carbons (Fsp3) is 0.286. The van der Waals surface area contributed by atoms with E-state index >= 15 is 0 Å². The van der Waals surface area contributed by atoms with Crippen LogP contribution in [0.15, 0.2) is 17.1 Å². The van der Waals surface area contributed by atoms with E-state index in [1.807, 2.05) is 0 Å². The monoisotopic (exact) mass is 325 g/mol. The summed E-state index contributed by atoms with van der Waals surface area (Å²) in [5.74, 6) is -4.03. The first kappa shape index (κ1) is 15.5. The number of halogens is 3. The van der Waals surface area contributed by atoms with Gasteiger partial charge < -0.3 is 14.0 Å². The highest BCUT2D eigenvalue weighted by molar-refractivity contribution is 6.10. The van der Waals surface area contributed by atoms with Gasteiger partial charge in [0, 0.05) is 12.6 Å². The lowest BCUT2D eigenvalue weighted by Gasteiger charge is -2.15. The van der Waals surface area contributed by atoms with Gasteiger partial charge in [0.25, 0.3) is 0 Å². The van der Waals surface area contributed by atoms with E-state index in [0.717, 1.165) is 21.4 Å². The second kappa shape index (κ2) is 5.33. The van der Waals surface area contributed by atoms with Gasteiger partial charge in [0.1, 0.15) is 11.7 Å². The fourth-order valence-corrected chi connectivity index (χ4v) is 2.57. The van der Waals surface area contributed by atoms with Gasteiger partial charge in [-0.15, -0.1) is 0 Å². The van der Waals surface area contributed by atoms with Crippen molar-refractivity contribution in [2.45, 2.75) is 18.6 Å². The predicted molar refractivity (Wildman–Crippen MR) is 77.2 cm³/mol. The number of aromatic nitrogens is 1. The molecule has 23 heavy (non-hydrogen) atoms. The van der Waals surface area contributed by atoms with Crippen LogP contribution in [0.25, 0.3) is 10.9 Å². The number of hydrogen-bond acceptors (Lipinski definition) is 4. The molecule has 0 saturated heterocycles. The van der Waals surface area contributed by atoms with Gasteiger partial charge in [0.05, 0.1) is 24.1 Å². The summed E-state index contributed by atoms with van der Waals surface area (Å²) in [5.41, 5.74) is -1.31. The molecule has 2 aromatic rings. The smallest absolute Gasteiger partial charge is 0.326 e. The molecule has 5 nitrogen and oxygen atoms in total. The summed E-state index contributed by atoms with van der Waals surface area (Å²) >= 11 is 0. The van der Waals surface area contributed by atoms with E-state index in [1.54, 1.807) is 0 Å². The zero-order valence-electron chi connectivity index (χ0n) is 12.2. The highest BCUT2D eigenvalue weighted by Gasteiger charge is 2.41. The molecule has 0 N–H and O–H groups in total. The van der Waals surface area contributed by atoms with Crippen molar-refractivity contribution in [3.8, 4) is 5.75 Å². The van der Waals surface area contributed by atoms with Gasteiger partial charge in [0.2, 0.25) is 11.2 Å². The van der Waals surface area contributed by atoms with Crippen molar-refractivity contribution in [1.82, 2.24) is 4.57 Å². The SMILES string of the molecule is BOC(=O)c1cn([C@@H]2C[C@@H]2F)c2c(OC)c(F)c(F)cc2c1=O. The first-order valence-corrected chi connectivity index (χ1v) is 6.74. The first-order chi connectivity index (χ1) is 10.9. The van der Waals surface area contributed by atoms with E-state index in [0.29, 0.717) is 6.07 Å². The summed E-state index contributed by atoms with van der Waals surface area (Å²) in [5, 5.41) is -0.275. The number of methoxy groups -OCH3 is 1. The van der Waals surface area contributed by atoms with Crippen LogP contribution in [0.3, 0.4) is 0 Å². The van der Waals surface area contributed by atoms with Crippen molar-refractivity contribution in [2.24, 2.45) is 0 Å². The number of fused-ring (bicyclic) bond motifs is 1. The van der Waals surface area contributed by atoms with Gasteiger partial charge >= 0.3 is 14.0 Å². The van der Waals surface area contributed by atoms with Crippen LogP contribution < -0.4 is 10.2 Å². The minimum Gasteiger partial charge on any atom is -0.540 e. The normalized spacial score (nSPS) is 19.7. The number of alkyl halides is 1. The van der Waals surface area contributed by atoms with Gasteiger partial charge in [-0.3, -0.25) is 4.79 Å². The molecule has 0 aliphatic heterocycles. The molecule has 0 radical (unpaired) electrons. The maximum atomic E-state index is 13.9. The number of nitrogens with zero attached hydrogens (tertiary/aromatic N) is 1. The van der Waals surface area contributed by atoms with E-state index in [2.05, 4.69) is 4.65 Å². The largest absolute Gasteiger partial charge is 0.540 e. The third-order valence-corrected chi connectivity index (χ3v) is 3.81. The number of hydrogen-bond donors (Lipinski definition) is 0. The van der Waals surface area contributed by atoms with Gasteiger partial charge in [-0.25, -0.2) is 13.6 Å². The Morgan fingerprint density at radius 2 is 2.09 bits per heavy atom. The number of benzene rings is 1. The van der Waals surface area contributed by atoms with Crippen molar-refractivity contribution >= 4 is 24.9 Å². The Hall–Kier alpha value is -2.45. The highest BCUT2D eigenvalue weighted by atomic mass is 19.2. The van der Waals surface area contributed by atoms with E-state index < -0.39 is 41.0 Å². The zero-order valence-corrected chi connectivity index (χ0v) is 12.2. The number of carbonyl (C=O) groups excluding carboxylic acids is 1. The Morgan fingerprint density at radius 1 is 1.43 bits per heavy atom. The summed E-state index contributed by atoms with van der Waals surface area (Å²) < 4.78 is 51.8. The molecular formula is C14H11BF3NO4. The quantitative estimate of drug-likeness (QED) is 0.798. The highest BCUT2D eigenvalue weighted by Crippen LogP contribution is 2.42. The standard InChI is InChI=1S/C14H11BF3NO4/c1-22-13-10(18)8(17)2-5-11(13)19(9-3-7(9)16)4-6(12(5)20)14(21)23-15/h2,4,7,9H,3,15H2,1H3/t7-,9+/m0/s1. The second-order valence-electron chi connectivity index (χ2n) is 5.19. The average Bonchev–Trinajstić information content (AvgIpc) is 3.26. The maximum absolute atomic E-state index is 13.9. The molecule has 0 bridgehead atoms. The lowest BCUT2D eigenvalue weighted by Crippen LogP contribution is -2.21. The number of carbonyl (C=O) groups is 1. The Labute approximate surface area is 129 Å². The fourth-order valence-electron chi connectivity index (χ4n) is 2.57. The Bertz CT molecular complexity index is 883. The lowest BCUT2D eigenvalue weighted by molar-refractivity contribution is 0.0747. The summed E-state index contributed by atoms with van der Waals surface area (Å²) in [7, 11) is 2.19. The van der Waals surface area contributed by atoms with Gasteiger partial charge in [-0.1, -0.05) is 0 Å². The van der Waals surface area contributed by atoms with Crippen LogP contribution in [0.1, 0.15) is 22.8 Å². The van der Waals surface area contributed by atoms with Crippen molar-refractivity contribution in [3.63, 3.8) is 0 Å². The first-order valence-electron chi connectivity index (χ1n) is 6.74. The lowest BCUT2D eigenvalue weighted by atomic mass is 10.1. The van der Waals surface area contributed by atoms with Gasteiger partial charge in [0.15, 0.2) is 11.6 Å². The molecule has 1 aliphatic carbocycles. The van der Waals surface area contributed by atoms with E-state index in [1.165, 1.54) is 4.57 Å². The molecule has 1 heterocycles. The third-order valence-electron chi connectivity index (χ3n) is 3.81. The van der Waals surface area contributed by atoms with E-state index in [-0.39, 0.29) is 22.9 Å². The Kier molecular flexibility index (Phi) is 3.58. The average molecular weight is 325 g/mol. The van der Waals surface area contributed by atoms with Crippen LogP contribution in [-0.2, 0) is 4.65 Å². The molecule has 9 heteroatoms. The summed E-state index contributed by atoms with van der Waals surface area (Å²) in [6.07, 6.45) is 0.0328. The Morgan fingerprint density at radius 3 is 2.61 bits per heavy atom. The predicted octanol–water partition coefficient (Wildman–Crippen LogP) is 1.28. The molecule has 1 fully saturated rings. The van der Waals surface area contributed by atoms with Crippen LogP contribution in [0.4, 0.5) is 13.2 Å². The second-order valence-corrected chi connectivity index (χ2v) is 5.19. The number of pyridine rings is 1. The van der Waals surface area contributed by atoms with Gasteiger partial charge in [-0.05, 0) is 6.07 Å². The van der Waals surface area contributed by atoms with Crippen LogP contribution in [0, 0.1) is 11.6 Å². The molecule has 0 amide bonds. The maximum Gasteiger partial charge on any atom is 0.326 e. The van der Waals surface area contributed by atoms with Crippen LogP contribution in [0.2, 0.25) is 0 Å². The Balaban J connectivity index is 2.46. The van der Waals surface area contributed by atoms with Crippen molar-refractivity contribution in [1.29, 1.82) is 0 Å². The van der Waals surface area contributed by atoms with Crippen molar-refractivity contribution < 1.29 is 27.4 Å². The van der Waals surface area contributed by atoms with Crippen molar-refractivity contribution in [2.75, 3.05) is 7.11 Å². The number of ether oxygens (including phenoxy) is 1. The molecule has 0 spiro atoms. The third kappa shape index (κ3) is 2.27. The van der Waals surface area contributed by atoms with Crippen molar-refractivity contribution in [3.05, 3.63) is 39.7 Å². The molecule has 1 aromatic heterocycles. The van der Waals surface area contributed by atoms with E-state index in [4.69, 9.17) is 4.74 Å². The summed E-state index contributed by atoms with van der Waals surface area (Å²) in [4.78, 5) is 24.1. The molecule has 3 rings (SSSR count). The van der Waals surface area contributed by atoms with Crippen LogP contribution in [-0.4, -0.2) is 31.9 Å². The molecule has 120 valence electrons. The molecule has 0 unspecified atom stereocenters. The van der Waals surface area contributed by atoms with Gasteiger partial charge in [-0.2, -0.15) is 4.39 Å². The van der Waals surface area contributed by atoms with Crippen LogP contribution >= 0.6 is 0 Å². The zero-order chi connectivity index (χ0) is 16.9. The molecule has 2 atom stereocenters. The molecule has 1 saturated carbocycles. The minimum atomic E-state index is -1.30. The van der Waals surface area contributed by atoms with E-state index in [9.17, 15) is 22.8 Å². The topological polar surface area (TPSA) is 57.5 Å². The molecular weight excluding hydrogens is 314 g/mol. The molecule has 1 aliphatic rings. The van der Waals surface area contributed by atoms with Crippen LogP contribution in [0.5, 0.6) is 5.75 Å². The molecule has 1 aromatic carbocycles. The minimum absolute atomic E-state index is 0.0887. The number of rotatable bonds is 3. The summed E-state index contributed by atoms with van der Waals surface area (Å²) in [6.45, 7) is 0. The summed E-state index contributed by atoms with van der Waals surface area (Å²) in [6, 6.07) is -0.00563.